The van der Waals surface area contributed by atoms with E-state index in [1.54, 1.807) is 32.2 Å². The Morgan fingerprint density at radius 2 is 1.88 bits per heavy atom. The zero-order valence-electron chi connectivity index (χ0n) is 15.2. The minimum atomic E-state index is -0.559. The van der Waals surface area contributed by atoms with Crippen LogP contribution in [-0.2, 0) is 4.74 Å². The van der Waals surface area contributed by atoms with E-state index in [0.29, 0.717) is 23.8 Å². The summed E-state index contributed by atoms with van der Waals surface area (Å²) in [6.45, 7) is 6.42. The number of carbonyl (C=O) groups is 1. The van der Waals surface area contributed by atoms with E-state index < -0.39 is 6.09 Å². The number of nitrogens with zero attached hydrogens (tertiary/aromatic N) is 1. The van der Waals surface area contributed by atoms with Gasteiger partial charge in [0.15, 0.2) is 0 Å². The predicted molar refractivity (Wildman–Crippen MR) is 102 cm³/mol. The molecule has 0 spiro atoms. The third-order valence-electron chi connectivity index (χ3n) is 3.41. The van der Waals surface area contributed by atoms with Gasteiger partial charge < -0.3 is 10.1 Å². The molecule has 0 fully saturated rings. The summed E-state index contributed by atoms with van der Waals surface area (Å²) in [4.78, 5) is 11.2. The molecule has 0 aliphatic carbocycles. The van der Waals surface area contributed by atoms with Crippen LogP contribution >= 0.6 is 0 Å². The van der Waals surface area contributed by atoms with Crippen LogP contribution in [0.3, 0.4) is 0 Å². The van der Waals surface area contributed by atoms with Gasteiger partial charge >= 0.3 is 6.09 Å². The molecule has 5 heteroatoms. The van der Waals surface area contributed by atoms with Crippen LogP contribution in [0.15, 0.2) is 48.5 Å². The van der Waals surface area contributed by atoms with Gasteiger partial charge in [-0.3, -0.25) is 5.32 Å². The highest BCUT2D eigenvalue weighted by Crippen LogP contribution is 2.19. The lowest BCUT2D eigenvalue weighted by atomic mass is 10.0. The summed E-state index contributed by atoms with van der Waals surface area (Å²) in [5, 5.41) is 14.3. The number of anilines is 2. The summed E-state index contributed by atoms with van der Waals surface area (Å²) in [6, 6.07) is 17.6. The van der Waals surface area contributed by atoms with E-state index in [1.807, 2.05) is 12.1 Å². The van der Waals surface area contributed by atoms with Gasteiger partial charge in [-0.25, -0.2) is 4.79 Å². The van der Waals surface area contributed by atoms with Crippen LogP contribution < -0.4 is 10.6 Å². The van der Waals surface area contributed by atoms with Crippen molar-refractivity contribution in [2.75, 3.05) is 24.3 Å². The average molecular weight is 339 g/mol. The van der Waals surface area contributed by atoms with E-state index in [-0.39, 0.29) is 0 Å². The second-order valence-corrected chi connectivity index (χ2v) is 5.53. The second kappa shape index (κ2) is 10.7. The summed E-state index contributed by atoms with van der Waals surface area (Å²) in [5.41, 5.74) is 3.06. The Morgan fingerprint density at radius 3 is 2.36 bits per heavy atom. The third kappa shape index (κ3) is 6.96. The first-order valence-corrected chi connectivity index (χ1v) is 8.22. The highest BCUT2D eigenvalue weighted by molar-refractivity contribution is 5.87. The summed E-state index contributed by atoms with van der Waals surface area (Å²) < 4.78 is 4.73. The fourth-order valence-corrected chi connectivity index (χ4v) is 2.02. The van der Waals surface area contributed by atoms with Gasteiger partial charge in [-0.15, -0.1) is 0 Å². The molecule has 0 heterocycles. The summed E-state index contributed by atoms with van der Waals surface area (Å²) >= 11 is 0. The summed E-state index contributed by atoms with van der Waals surface area (Å²) in [5.74, 6) is 0.659. The van der Waals surface area contributed by atoms with Gasteiger partial charge in [0.25, 0.3) is 0 Å². The van der Waals surface area contributed by atoms with E-state index in [4.69, 9.17) is 10.00 Å². The minimum Gasteiger partial charge on any atom is -0.450 e. The average Bonchev–Trinajstić information content (AvgIpc) is 2.63. The van der Waals surface area contributed by atoms with Gasteiger partial charge in [-0.2, -0.15) is 5.26 Å². The number of benzene rings is 2. The number of amides is 1. The van der Waals surface area contributed by atoms with Crippen LogP contribution in [-0.4, -0.2) is 19.7 Å². The lowest BCUT2D eigenvalue weighted by Gasteiger charge is -2.08. The van der Waals surface area contributed by atoms with E-state index in [9.17, 15) is 4.79 Å². The second-order valence-electron chi connectivity index (χ2n) is 5.53. The van der Waals surface area contributed by atoms with Crippen molar-refractivity contribution < 1.29 is 9.53 Å². The molecule has 0 atom stereocenters. The Morgan fingerprint density at radius 1 is 1.20 bits per heavy atom. The molecule has 0 unspecified atom stereocenters. The van der Waals surface area contributed by atoms with E-state index in [1.165, 1.54) is 5.56 Å². The largest absolute Gasteiger partial charge is 0.450 e. The van der Waals surface area contributed by atoms with Crippen LogP contribution in [0.5, 0.6) is 0 Å². The lowest BCUT2D eigenvalue weighted by molar-refractivity contribution is 0.168. The molecule has 1 amide bonds. The fourth-order valence-electron chi connectivity index (χ4n) is 2.02. The van der Waals surface area contributed by atoms with Crippen LogP contribution in [0.1, 0.15) is 37.8 Å². The first-order valence-electron chi connectivity index (χ1n) is 8.22. The molecule has 2 aromatic carbocycles. The molecule has 25 heavy (non-hydrogen) atoms. The number of hydrogen-bond acceptors (Lipinski definition) is 4. The normalized spacial score (nSPS) is 9.44. The van der Waals surface area contributed by atoms with Crippen LogP contribution in [0.4, 0.5) is 16.2 Å². The number of ether oxygens (including phenoxy) is 1. The first kappa shape index (κ1) is 20.0. The van der Waals surface area contributed by atoms with Crippen LogP contribution in [0, 0.1) is 11.3 Å². The Bertz CT molecular complexity index is 707. The molecule has 0 aliphatic rings. The molecule has 0 aliphatic heterocycles. The molecule has 2 aromatic rings. The molecular formula is C20H25N3O2. The van der Waals surface area contributed by atoms with Gasteiger partial charge in [-0.1, -0.05) is 44.2 Å². The Balaban J connectivity index is 0.000000293. The summed E-state index contributed by atoms with van der Waals surface area (Å²) in [7, 11) is 1.76. The van der Waals surface area contributed by atoms with E-state index in [0.717, 1.165) is 5.69 Å². The van der Waals surface area contributed by atoms with Crippen molar-refractivity contribution in [1.29, 1.82) is 5.26 Å². The maximum atomic E-state index is 11.2. The van der Waals surface area contributed by atoms with Crippen molar-refractivity contribution in [3.05, 3.63) is 59.7 Å². The Hall–Kier alpha value is -3.00. The third-order valence-corrected chi connectivity index (χ3v) is 3.41. The fraction of sp³-hybridized carbons (Fsp3) is 0.300. The number of rotatable bonds is 4. The van der Waals surface area contributed by atoms with Gasteiger partial charge in [0.2, 0.25) is 0 Å². The van der Waals surface area contributed by atoms with E-state index >= 15 is 0 Å². The van der Waals surface area contributed by atoms with Gasteiger partial charge in [0.05, 0.1) is 17.9 Å². The van der Waals surface area contributed by atoms with Crippen molar-refractivity contribution in [3.8, 4) is 6.07 Å². The number of nitriles is 1. The predicted octanol–water partition coefficient (Wildman–Crippen LogP) is 4.98. The molecule has 0 saturated carbocycles. The van der Waals surface area contributed by atoms with Gasteiger partial charge in [-0.05, 0) is 36.6 Å². The molecule has 2 N–H and O–H groups in total. The maximum Gasteiger partial charge on any atom is 0.411 e. The van der Waals surface area contributed by atoms with Crippen molar-refractivity contribution in [3.63, 3.8) is 0 Å². The first-order chi connectivity index (χ1) is 12.0. The highest BCUT2D eigenvalue weighted by atomic mass is 16.5. The number of nitrogens with one attached hydrogen (secondary N) is 2. The summed E-state index contributed by atoms with van der Waals surface area (Å²) in [6.07, 6.45) is -0.559. The van der Waals surface area contributed by atoms with Crippen molar-refractivity contribution in [2.24, 2.45) is 0 Å². The molecule has 2 rings (SSSR count). The molecule has 0 aromatic heterocycles. The zero-order chi connectivity index (χ0) is 18.7. The quantitative estimate of drug-likeness (QED) is 0.824. The highest BCUT2D eigenvalue weighted by Gasteiger charge is 2.07. The standard InChI is InChI=1S/C11H13N3O2.C9H12/c1-3-16-11(15)14-10-5-4-9(13-2)6-8(10)7-12;1-8(2)9-6-4-3-5-7-9/h4-6,13H,3H2,1-2H3,(H,14,15);3-8H,1-2H3. The van der Waals surface area contributed by atoms with Gasteiger partial charge in [0.1, 0.15) is 6.07 Å². The van der Waals surface area contributed by atoms with Crippen molar-refractivity contribution in [1.82, 2.24) is 0 Å². The topological polar surface area (TPSA) is 74.2 Å². The van der Waals surface area contributed by atoms with E-state index in [2.05, 4.69) is 48.7 Å². The minimum absolute atomic E-state index is 0.294. The van der Waals surface area contributed by atoms with Gasteiger partial charge in [0, 0.05) is 12.7 Å². The lowest BCUT2D eigenvalue weighted by Crippen LogP contribution is -2.14. The van der Waals surface area contributed by atoms with Crippen molar-refractivity contribution >= 4 is 17.5 Å². The molecule has 0 saturated heterocycles. The Kier molecular flexibility index (Phi) is 8.59. The smallest absolute Gasteiger partial charge is 0.411 e. The molecule has 132 valence electrons. The molecule has 0 bridgehead atoms. The molecule has 0 radical (unpaired) electrons. The monoisotopic (exact) mass is 339 g/mol. The Labute approximate surface area is 149 Å². The number of hydrogen-bond donors (Lipinski definition) is 2. The maximum absolute atomic E-state index is 11.2. The number of carbonyl (C=O) groups excluding carboxylic acids is 1. The molecule has 5 nitrogen and oxygen atoms in total. The van der Waals surface area contributed by atoms with Crippen molar-refractivity contribution in [2.45, 2.75) is 26.7 Å². The zero-order valence-corrected chi connectivity index (χ0v) is 15.2. The van der Waals surface area contributed by atoms with Crippen LogP contribution in [0.25, 0.3) is 0 Å². The molecular weight excluding hydrogens is 314 g/mol. The SMILES string of the molecule is CC(C)c1ccccc1.CCOC(=O)Nc1ccc(NC)cc1C#N. The van der Waals surface area contributed by atoms with Crippen LogP contribution in [0.2, 0.25) is 0 Å².